The lowest BCUT2D eigenvalue weighted by molar-refractivity contribution is 0.448. The summed E-state index contributed by atoms with van der Waals surface area (Å²) in [6.45, 7) is 7.72. The summed E-state index contributed by atoms with van der Waals surface area (Å²) >= 11 is 0. The fourth-order valence-electron chi connectivity index (χ4n) is 3.53. The molecular weight excluding hydrogens is 440 g/mol. The lowest BCUT2D eigenvalue weighted by Crippen LogP contribution is -2.23. The average Bonchev–Trinajstić information content (AvgIpc) is 3.18. The topological polar surface area (TPSA) is 113 Å². The lowest BCUT2D eigenvalue weighted by atomic mass is 10.2. The van der Waals surface area contributed by atoms with Crippen LogP contribution in [0.5, 0.6) is 0 Å². The summed E-state index contributed by atoms with van der Waals surface area (Å²) in [5.41, 5.74) is 2.17. The van der Waals surface area contributed by atoms with Gasteiger partial charge in [0, 0.05) is 35.9 Å². The van der Waals surface area contributed by atoms with E-state index in [0.29, 0.717) is 34.0 Å². The Labute approximate surface area is 192 Å². The van der Waals surface area contributed by atoms with E-state index in [1.807, 2.05) is 25.1 Å². The van der Waals surface area contributed by atoms with Gasteiger partial charge in [0.25, 0.3) is 0 Å². The molecule has 0 bridgehead atoms. The number of benzene rings is 2. The molecule has 0 amide bonds. The summed E-state index contributed by atoms with van der Waals surface area (Å²) in [6.07, 6.45) is 0. The fraction of sp³-hybridized carbons (Fsp3) is 0.261. The monoisotopic (exact) mass is 466 g/mol. The van der Waals surface area contributed by atoms with Crippen molar-refractivity contribution in [3.05, 3.63) is 66.1 Å². The van der Waals surface area contributed by atoms with Gasteiger partial charge in [-0.15, -0.1) is 0 Å². The zero-order valence-electron chi connectivity index (χ0n) is 18.7. The van der Waals surface area contributed by atoms with E-state index in [2.05, 4.69) is 43.9 Å². The van der Waals surface area contributed by atoms with Gasteiger partial charge in [0.2, 0.25) is 10.0 Å². The number of fused-ring (bicyclic) bond motifs is 1. The van der Waals surface area contributed by atoms with Crippen LogP contribution in [0, 0.1) is 6.92 Å². The summed E-state index contributed by atoms with van der Waals surface area (Å²) in [7, 11) is -3.67. The number of sulfonamides is 1. The standard InChI is InChI=1S/C23H26N6O3S/c1-4-29(5-2)23-14-22(24-16(3)25-23)26-17-10-12-18(13-11-17)28-33(30,31)15-20-19-8-6-7-9-21(19)32-27-20/h6-14,28H,4-5,15H2,1-3H3,(H,24,25,26). The first kappa shape index (κ1) is 22.5. The van der Waals surface area contributed by atoms with Crippen molar-refractivity contribution in [1.29, 1.82) is 0 Å². The van der Waals surface area contributed by atoms with E-state index in [1.54, 1.807) is 36.4 Å². The Balaban J connectivity index is 1.45. The van der Waals surface area contributed by atoms with Crippen molar-refractivity contribution in [3.63, 3.8) is 0 Å². The van der Waals surface area contributed by atoms with Gasteiger partial charge in [-0.3, -0.25) is 4.72 Å². The maximum absolute atomic E-state index is 12.7. The second kappa shape index (κ2) is 9.45. The molecule has 0 saturated carbocycles. The SMILES string of the molecule is CCN(CC)c1cc(Nc2ccc(NS(=O)(=O)Cc3noc4ccccc34)cc2)nc(C)n1. The quantitative estimate of drug-likeness (QED) is 0.372. The number of aryl methyl sites for hydroxylation is 1. The molecule has 0 fully saturated rings. The normalized spacial score (nSPS) is 11.5. The first-order valence-corrected chi connectivity index (χ1v) is 12.3. The van der Waals surface area contributed by atoms with Crippen molar-refractivity contribution in [3.8, 4) is 0 Å². The van der Waals surface area contributed by atoms with Crippen molar-refractivity contribution in [2.24, 2.45) is 0 Å². The third-order valence-corrected chi connectivity index (χ3v) is 6.32. The summed E-state index contributed by atoms with van der Waals surface area (Å²) in [5.74, 6) is 1.93. The number of aromatic nitrogens is 3. The molecule has 0 spiro atoms. The first-order chi connectivity index (χ1) is 15.9. The summed E-state index contributed by atoms with van der Waals surface area (Å²) in [4.78, 5) is 11.1. The summed E-state index contributed by atoms with van der Waals surface area (Å²) < 4.78 is 33.1. The number of hydrogen-bond acceptors (Lipinski definition) is 8. The minimum absolute atomic E-state index is 0.279. The van der Waals surface area contributed by atoms with Gasteiger partial charge < -0.3 is 14.7 Å². The van der Waals surface area contributed by atoms with Gasteiger partial charge in [0.15, 0.2) is 5.58 Å². The molecule has 33 heavy (non-hydrogen) atoms. The zero-order valence-corrected chi connectivity index (χ0v) is 19.6. The van der Waals surface area contributed by atoms with E-state index in [-0.39, 0.29) is 5.75 Å². The van der Waals surface area contributed by atoms with Gasteiger partial charge >= 0.3 is 0 Å². The molecule has 0 aliphatic carbocycles. The van der Waals surface area contributed by atoms with E-state index in [9.17, 15) is 8.42 Å². The van der Waals surface area contributed by atoms with E-state index in [0.717, 1.165) is 24.6 Å². The van der Waals surface area contributed by atoms with Crippen molar-refractivity contribution >= 4 is 44.0 Å². The van der Waals surface area contributed by atoms with Gasteiger partial charge in [0.05, 0.1) is 0 Å². The Bertz CT molecular complexity index is 1350. The van der Waals surface area contributed by atoms with Crippen molar-refractivity contribution < 1.29 is 12.9 Å². The number of anilines is 4. The molecular formula is C23H26N6O3S. The van der Waals surface area contributed by atoms with Crippen LogP contribution in [0.25, 0.3) is 11.0 Å². The molecule has 2 aromatic carbocycles. The Morgan fingerprint density at radius 1 is 0.970 bits per heavy atom. The van der Waals surface area contributed by atoms with Gasteiger partial charge in [-0.2, -0.15) is 0 Å². The van der Waals surface area contributed by atoms with E-state index in [1.165, 1.54) is 0 Å². The van der Waals surface area contributed by atoms with E-state index in [4.69, 9.17) is 4.52 Å². The predicted molar refractivity (Wildman–Crippen MR) is 130 cm³/mol. The number of hydrogen-bond donors (Lipinski definition) is 2. The van der Waals surface area contributed by atoms with E-state index < -0.39 is 10.0 Å². The molecule has 2 heterocycles. The molecule has 9 nitrogen and oxygen atoms in total. The number of para-hydroxylation sites is 1. The first-order valence-electron chi connectivity index (χ1n) is 10.7. The Hall–Kier alpha value is -3.66. The maximum atomic E-state index is 12.7. The van der Waals surface area contributed by atoms with Crippen molar-refractivity contribution in [2.45, 2.75) is 26.5 Å². The minimum Gasteiger partial charge on any atom is -0.357 e. The highest BCUT2D eigenvalue weighted by Gasteiger charge is 2.17. The molecule has 0 saturated heterocycles. The van der Waals surface area contributed by atoms with Crippen LogP contribution in [0.3, 0.4) is 0 Å². The van der Waals surface area contributed by atoms with Crippen LogP contribution in [0.4, 0.5) is 23.0 Å². The smallest absolute Gasteiger partial charge is 0.238 e. The van der Waals surface area contributed by atoms with Crippen LogP contribution in [0.2, 0.25) is 0 Å². The number of nitrogens with zero attached hydrogens (tertiary/aromatic N) is 4. The Kier molecular flexibility index (Phi) is 6.45. The molecule has 10 heteroatoms. The highest BCUT2D eigenvalue weighted by molar-refractivity contribution is 7.91. The van der Waals surface area contributed by atoms with Gasteiger partial charge in [-0.25, -0.2) is 18.4 Å². The summed E-state index contributed by atoms with van der Waals surface area (Å²) in [6, 6.07) is 16.0. The van der Waals surface area contributed by atoms with Crippen LogP contribution >= 0.6 is 0 Å². The molecule has 0 radical (unpaired) electrons. The molecule has 0 aliphatic rings. The lowest BCUT2D eigenvalue weighted by Gasteiger charge is -2.20. The minimum atomic E-state index is -3.67. The van der Waals surface area contributed by atoms with Gasteiger partial charge in [0.1, 0.15) is 28.9 Å². The molecule has 0 atom stereocenters. The molecule has 2 aromatic heterocycles. The van der Waals surface area contributed by atoms with Crippen LogP contribution in [-0.2, 0) is 15.8 Å². The third-order valence-electron chi connectivity index (χ3n) is 5.12. The van der Waals surface area contributed by atoms with Crippen LogP contribution in [-0.4, -0.2) is 36.6 Å². The zero-order chi connectivity index (χ0) is 23.4. The predicted octanol–water partition coefficient (Wildman–Crippen LogP) is 4.46. The Morgan fingerprint density at radius 2 is 1.67 bits per heavy atom. The summed E-state index contributed by atoms with van der Waals surface area (Å²) in [5, 5.41) is 7.85. The second-order valence-electron chi connectivity index (χ2n) is 7.52. The van der Waals surface area contributed by atoms with E-state index >= 15 is 0 Å². The van der Waals surface area contributed by atoms with Crippen LogP contribution in [0.1, 0.15) is 25.4 Å². The molecule has 0 aliphatic heterocycles. The third kappa shape index (κ3) is 5.40. The van der Waals surface area contributed by atoms with Crippen molar-refractivity contribution in [1.82, 2.24) is 15.1 Å². The van der Waals surface area contributed by atoms with Crippen molar-refractivity contribution in [2.75, 3.05) is 28.0 Å². The molecule has 4 aromatic rings. The highest BCUT2D eigenvalue weighted by atomic mass is 32.2. The van der Waals surface area contributed by atoms with Crippen LogP contribution < -0.4 is 14.9 Å². The van der Waals surface area contributed by atoms with Gasteiger partial charge in [-0.05, 0) is 57.2 Å². The van der Waals surface area contributed by atoms with Gasteiger partial charge in [-0.1, -0.05) is 17.3 Å². The number of nitrogens with one attached hydrogen (secondary N) is 2. The molecule has 0 unspecified atom stereocenters. The largest absolute Gasteiger partial charge is 0.357 e. The highest BCUT2D eigenvalue weighted by Crippen LogP contribution is 2.23. The second-order valence-corrected chi connectivity index (χ2v) is 9.24. The van der Waals surface area contributed by atoms with Crippen LogP contribution in [0.15, 0.2) is 59.1 Å². The molecule has 172 valence electrons. The Morgan fingerprint density at radius 3 is 2.39 bits per heavy atom. The average molecular weight is 467 g/mol. The molecule has 2 N–H and O–H groups in total. The maximum Gasteiger partial charge on any atom is 0.238 e. The number of rotatable bonds is 9. The fourth-order valence-corrected chi connectivity index (χ4v) is 4.67. The molecule has 4 rings (SSSR count).